The van der Waals surface area contributed by atoms with Gasteiger partial charge < -0.3 is 10.6 Å². The van der Waals surface area contributed by atoms with Gasteiger partial charge in [-0.2, -0.15) is 0 Å². The summed E-state index contributed by atoms with van der Waals surface area (Å²) in [5.41, 5.74) is 3.20. The Morgan fingerprint density at radius 3 is 2.45 bits per heavy atom. The van der Waals surface area contributed by atoms with E-state index < -0.39 is 0 Å². The Morgan fingerprint density at radius 2 is 1.82 bits per heavy atom. The second kappa shape index (κ2) is 7.82. The Morgan fingerprint density at radius 1 is 1.14 bits per heavy atom. The predicted octanol–water partition coefficient (Wildman–Crippen LogP) is 5.60. The van der Waals surface area contributed by atoms with Crippen molar-refractivity contribution >= 4 is 46.2 Å². The van der Waals surface area contributed by atoms with E-state index in [1.165, 1.54) is 11.1 Å². The zero-order valence-corrected chi connectivity index (χ0v) is 14.8. The van der Waals surface area contributed by atoms with Crippen LogP contribution in [0.3, 0.4) is 0 Å². The maximum absolute atomic E-state index is 6.12. The quantitative estimate of drug-likeness (QED) is 0.699. The molecule has 0 amide bonds. The molecule has 0 aliphatic rings. The van der Waals surface area contributed by atoms with Gasteiger partial charge in [0.2, 0.25) is 0 Å². The summed E-state index contributed by atoms with van der Waals surface area (Å²) in [7, 11) is 0. The summed E-state index contributed by atoms with van der Waals surface area (Å²) in [5, 5.41) is 8.02. The number of nitrogens with one attached hydrogen (secondary N) is 2. The number of thiocarbonyl (C=S) groups is 1. The lowest BCUT2D eigenvalue weighted by Crippen LogP contribution is -2.31. The molecule has 0 aromatic heterocycles. The number of rotatable bonds is 4. The van der Waals surface area contributed by atoms with E-state index in [9.17, 15) is 0 Å². The van der Waals surface area contributed by atoms with Crippen molar-refractivity contribution in [3.63, 3.8) is 0 Å². The maximum Gasteiger partial charge on any atom is 0.171 e. The first kappa shape index (κ1) is 17.1. The topological polar surface area (TPSA) is 24.1 Å². The molecule has 1 atom stereocenters. The van der Waals surface area contributed by atoms with Crippen LogP contribution < -0.4 is 10.6 Å². The van der Waals surface area contributed by atoms with Crippen molar-refractivity contribution in [3.05, 3.63) is 63.6 Å². The highest BCUT2D eigenvalue weighted by Gasteiger charge is 2.09. The minimum Gasteiger partial charge on any atom is -0.356 e. The van der Waals surface area contributed by atoms with Crippen LogP contribution >= 0.6 is 35.4 Å². The third kappa shape index (κ3) is 4.60. The molecule has 0 bridgehead atoms. The normalized spacial score (nSPS) is 11.8. The van der Waals surface area contributed by atoms with Crippen LogP contribution in [-0.2, 0) is 6.42 Å². The number of hydrogen-bond acceptors (Lipinski definition) is 1. The molecule has 0 aliphatic carbocycles. The molecule has 0 spiro atoms. The van der Waals surface area contributed by atoms with Crippen LogP contribution in [0.4, 0.5) is 5.69 Å². The van der Waals surface area contributed by atoms with Gasteiger partial charge in [0.25, 0.3) is 0 Å². The van der Waals surface area contributed by atoms with Crippen molar-refractivity contribution < 1.29 is 0 Å². The van der Waals surface area contributed by atoms with Gasteiger partial charge >= 0.3 is 0 Å². The molecular formula is C17H18Cl2N2S. The van der Waals surface area contributed by atoms with Gasteiger partial charge in [0, 0.05) is 5.02 Å². The summed E-state index contributed by atoms with van der Waals surface area (Å²) in [5.74, 6) is 0. The summed E-state index contributed by atoms with van der Waals surface area (Å²) in [6.07, 6.45) is 1.04. The monoisotopic (exact) mass is 352 g/mol. The largest absolute Gasteiger partial charge is 0.356 e. The van der Waals surface area contributed by atoms with Crippen LogP contribution in [0, 0.1) is 0 Å². The Kier molecular flexibility index (Phi) is 6.07. The Hall–Kier alpha value is -1.29. The summed E-state index contributed by atoms with van der Waals surface area (Å²) >= 11 is 17.4. The first-order valence-electron chi connectivity index (χ1n) is 7.11. The highest BCUT2D eigenvalue weighted by molar-refractivity contribution is 7.80. The first-order chi connectivity index (χ1) is 10.5. The molecular weight excluding hydrogens is 335 g/mol. The van der Waals surface area contributed by atoms with Crippen LogP contribution in [0.2, 0.25) is 10.0 Å². The van der Waals surface area contributed by atoms with Gasteiger partial charge in [-0.3, -0.25) is 0 Å². The molecule has 2 N–H and O–H groups in total. The van der Waals surface area contributed by atoms with Crippen molar-refractivity contribution in [1.29, 1.82) is 0 Å². The van der Waals surface area contributed by atoms with Crippen molar-refractivity contribution in [2.45, 2.75) is 26.3 Å². The molecule has 1 unspecified atom stereocenters. The molecule has 2 rings (SSSR count). The number of benzene rings is 2. The molecule has 0 saturated carbocycles. The van der Waals surface area contributed by atoms with E-state index >= 15 is 0 Å². The van der Waals surface area contributed by atoms with Gasteiger partial charge in [0.1, 0.15) is 0 Å². The van der Waals surface area contributed by atoms with Crippen LogP contribution in [0.25, 0.3) is 0 Å². The van der Waals surface area contributed by atoms with Crippen molar-refractivity contribution in [2.24, 2.45) is 0 Å². The molecule has 22 heavy (non-hydrogen) atoms. The second-order valence-corrected chi connectivity index (χ2v) is 6.29. The van der Waals surface area contributed by atoms with E-state index in [0.29, 0.717) is 20.8 Å². The van der Waals surface area contributed by atoms with Gasteiger partial charge in [-0.15, -0.1) is 0 Å². The summed E-state index contributed by atoms with van der Waals surface area (Å²) in [4.78, 5) is 0. The number of aryl methyl sites for hydroxylation is 1. The molecule has 2 aromatic carbocycles. The molecule has 2 aromatic rings. The number of halogens is 2. The standard InChI is InChI=1S/C17H18Cl2N2S/c1-3-12-4-6-13(7-5-12)11(2)20-17(22)21-16-10-14(18)8-9-15(16)19/h4-11H,3H2,1-2H3,(H2,20,21,22). The highest BCUT2D eigenvalue weighted by Crippen LogP contribution is 2.25. The number of anilines is 1. The lowest BCUT2D eigenvalue weighted by atomic mass is 10.1. The fourth-order valence-electron chi connectivity index (χ4n) is 2.07. The predicted molar refractivity (Wildman–Crippen MR) is 100 cm³/mol. The Bertz CT molecular complexity index is 656. The molecule has 0 saturated heterocycles. The summed E-state index contributed by atoms with van der Waals surface area (Å²) in [6.45, 7) is 4.21. The molecule has 2 nitrogen and oxygen atoms in total. The Labute approximate surface area is 146 Å². The van der Waals surface area contributed by atoms with Crippen LogP contribution in [0.15, 0.2) is 42.5 Å². The maximum atomic E-state index is 6.12. The van der Waals surface area contributed by atoms with Crippen LogP contribution in [0.5, 0.6) is 0 Å². The Balaban J connectivity index is 2.00. The highest BCUT2D eigenvalue weighted by atomic mass is 35.5. The molecule has 0 heterocycles. The van der Waals surface area contributed by atoms with Gasteiger partial charge in [0.15, 0.2) is 5.11 Å². The SMILES string of the molecule is CCc1ccc(C(C)NC(=S)Nc2cc(Cl)ccc2Cl)cc1. The molecule has 5 heteroatoms. The van der Waals surface area contributed by atoms with Gasteiger partial charge in [-0.25, -0.2) is 0 Å². The first-order valence-corrected chi connectivity index (χ1v) is 8.27. The van der Waals surface area contributed by atoms with E-state index in [4.69, 9.17) is 35.4 Å². The molecule has 116 valence electrons. The number of hydrogen-bond donors (Lipinski definition) is 2. The van der Waals surface area contributed by atoms with Crippen molar-refractivity contribution in [1.82, 2.24) is 5.32 Å². The second-order valence-electron chi connectivity index (χ2n) is 5.04. The average Bonchev–Trinajstić information content (AvgIpc) is 2.51. The smallest absolute Gasteiger partial charge is 0.171 e. The van der Waals surface area contributed by atoms with E-state index in [-0.39, 0.29) is 6.04 Å². The molecule has 0 radical (unpaired) electrons. The summed E-state index contributed by atoms with van der Waals surface area (Å²) < 4.78 is 0. The van der Waals surface area contributed by atoms with Crippen molar-refractivity contribution in [2.75, 3.05) is 5.32 Å². The average molecular weight is 353 g/mol. The van der Waals surface area contributed by atoms with E-state index in [1.807, 2.05) is 0 Å². The zero-order valence-electron chi connectivity index (χ0n) is 12.5. The molecule has 0 aliphatic heterocycles. The van der Waals surface area contributed by atoms with Crippen LogP contribution in [-0.4, -0.2) is 5.11 Å². The van der Waals surface area contributed by atoms with Crippen LogP contribution in [0.1, 0.15) is 31.0 Å². The third-order valence-electron chi connectivity index (χ3n) is 3.41. The lowest BCUT2D eigenvalue weighted by Gasteiger charge is -2.18. The summed E-state index contributed by atoms with van der Waals surface area (Å²) in [6, 6.07) is 13.8. The minimum atomic E-state index is 0.101. The van der Waals surface area contributed by atoms with Gasteiger partial charge in [0.05, 0.1) is 16.8 Å². The van der Waals surface area contributed by atoms with Crippen molar-refractivity contribution in [3.8, 4) is 0 Å². The lowest BCUT2D eigenvalue weighted by molar-refractivity contribution is 0.722. The van der Waals surface area contributed by atoms with Gasteiger partial charge in [-0.05, 0) is 54.9 Å². The minimum absolute atomic E-state index is 0.101. The van der Waals surface area contributed by atoms with E-state index in [2.05, 4.69) is 48.7 Å². The van der Waals surface area contributed by atoms with E-state index in [0.717, 1.165) is 6.42 Å². The van der Waals surface area contributed by atoms with E-state index in [1.54, 1.807) is 18.2 Å². The molecule has 0 fully saturated rings. The third-order valence-corrected chi connectivity index (χ3v) is 4.20. The fraction of sp³-hybridized carbons (Fsp3) is 0.235. The zero-order chi connectivity index (χ0) is 16.1. The fourth-order valence-corrected chi connectivity index (χ4v) is 2.70. The van der Waals surface area contributed by atoms with Gasteiger partial charge in [-0.1, -0.05) is 54.4 Å².